The van der Waals surface area contributed by atoms with Crippen molar-refractivity contribution >= 4 is 11.5 Å². The second-order valence-electron chi connectivity index (χ2n) is 5.71. The number of fused-ring (bicyclic) bond motifs is 3. The van der Waals surface area contributed by atoms with E-state index in [1.807, 2.05) is 30.3 Å². The van der Waals surface area contributed by atoms with Gasteiger partial charge in [-0.15, -0.1) is 0 Å². The monoisotopic (exact) mass is 276 g/mol. The van der Waals surface area contributed by atoms with Crippen molar-refractivity contribution < 1.29 is 5.11 Å². The lowest BCUT2D eigenvalue weighted by molar-refractivity contribution is 0.405. The van der Waals surface area contributed by atoms with Gasteiger partial charge in [0.2, 0.25) is 0 Å². The first-order valence-electron chi connectivity index (χ1n) is 7.10. The van der Waals surface area contributed by atoms with Crippen LogP contribution in [0.1, 0.15) is 18.4 Å². The number of aromatic nitrogens is 1. The molecule has 0 bridgehead atoms. The van der Waals surface area contributed by atoms with Crippen LogP contribution >= 0.6 is 0 Å². The van der Waals surface area contributed by atoms with Crippen LogP contribution in [0.4, 0.5) is 11.5 Å². The minimum Gasteiger partial charge on any atom is -0.508 e. The van der Waals surface area contributed by atoms with Crippen molar-refractivity contribution in [2.24, 2.45) is 0 Å². The number of para-hydroxylation sites is 1. The maximum atomic E-state index is 9.99. The van der Waals surface area contributed by atoms with Crippen LogP contribution in [0.3, 0.4) is 0 Å². The average molecular weight is 276 g/mol. The van der Waals surface area contributed by atoms with Gasteiger partial charge in [0.05, 0.1) is 5.54 Å². The third-order valence-corrected chi connectivity index (χ3v) is 4.40. The summed E-state index contributed by atoms with van der Waals surface area (Å²) in [6.07, 6.45) is 7.59. The maximum Gasteiger partial charge on any atom is 0.133 e. The molecule has 1 aromatic carbocycles. The van der Waals surface area contributed by atoms with E-state index in [9.17, 15) is 5.11 Å². The summed E-state index contributed by atoms with van der Waals surface area (Å²) in [4.78, 5) is 6.73. The van der Waals surface area contributed by atoms with E-state index in [0.29, 0.717) is 5.76 Å². The van der Waals surface area contributed by atoms with Gasteiger partial charge in [0.15, 0.2) is 0 Å². The second kappa shape index (κ2) is 4.22. The summed E-state index contributed by atoms with van der Waals surface area (Å²) in [7, 11) is 0. The molecule has 1 aromatic heterocycles. The second-order valence-corrected chi connectivity index (χ2v) is 5.71. The number of aliphatic hydroxyl groups excluding tert-OH is 1. The van der Waals surface area contributed by atoms with Gasteiger partial charge >= 0.3 is 0 Å². The van der Waals surface area contributed by atoms with Crippen molar-refractivity contribution in [2.75, 3.05) is 4.90 Å². The molecule has 104 valence electrons. The Morgan fingerprint density at radius 1 is 1.14 bits per heavy atom. The Labute approximate surface area is 123 Å². The third kappa shape index (κ3) is 1.64. The Bertz CT molecular complexity index is 751. The molecule has 0 fully saturated rings. The fourth-order valence-corrected chi connectivity index (χ4v) is 3.52. The Morgan fingerprint density at radius 3 is 2.76 bits per heavy atom. The number of hydrogen-bond acceptors (Lipinski definition) is 3. The Kier molecular flexibility index (Phi) is 2.45. The SMILES string of the molecule is CC12C=C(O)C=CC1c1ccccc1N2c1ccccn1. The van der Waals surface area contributed by atoms with Crippen molar-refractivity contribution in [3.63, 3.8) is 0 Å². The van der Waals surface area contributed by atoms with Crippen molar-refractivity contribution in [3.05, 3.63) is 78.2 Å². The smallest absolute Gasteiger partial charge is 0.133 e. The van der Waals surface area contributed by atoms with Crippen LogP contribution in [0.2, 0.25) is 0 Å². The average Bonchev–Trinajstić information content (AvgIpc) is 2.75. The van der Waals surface area contributed by atoms with Gasteiger partial charge < -0.3 is 10.0 Å². The molecule has 2 atom stereocenters. The molecule has 0 spiro atoms. The van der Waals surface area contributed by atoms with Crippen molar-refractivity contribution in [1.29, 1.82) is 0 Å². The van der Waals surface area contributed by atoms with Crippen molar-refractivity contribution in [3.8, 4) is 0 Å². The first-order valence-corrected chi connectivity index (χ1v) is 7.10. The summed E-state index contributed by atoms with van der Waals surface area (Å²) in [5.74, 6) is 1.42. The van der Waals surface area contributed by atoms with Crippen LogP contribution < -0.4 is 4.90 Å². The first-order chi connectivity index (χ1) is 10.2. The maximum absolute atomic E-state index is 9.99. The van der Waals surface area contributed by atoms with E-state index in [4.69, 9.17) is 0 Å². The quantitative estimate of drug-likeness (QED) is 0.852. The predicted octanol–water partition coefficient (Wildman–Crippen LogP) is 4.09. The highest BCUT2D eigenvalue weighted by Crippen LogP contribution is 2.53. The number of benzene rings is 1. The molecule has 0 saturated carbocycles. The molecule has 0 saturated heterocycles. The molecule has 1 aliphatic heterocycles. The number of aliphatic hydroxyl groups is 1. The van der Waals surface area contributed by atoms with Gasteiger partial charge in [-0.2, -0.15) is 0 Å². The molecule has 0 amide bonds. The molecule has 3 heteroatoms. The van der Waals surface area contributed by atoms with Gasteiger partial charge in [-0.1, -0.05) is 30.3 Å². The highest BCUT2D eigenvalue weighted by molar-refractivity contribution is 5.75. The van der Waals surface area contributed by atoms with Gasteiger partial charge in [0.25, 0.3) is 0 Å². The van der Waals surface area contributed by atoms with Crippen LogP contribution in [-0.2, 0) is 0 Å². The van der Waals surface area contributed by atoms with Crippen molar-refractivity contribution in [1.82, 2.24) is 4.98 Å². The lowest BCUT2D eigenvalue weighted by Gasteiger charge is -2.38. The van der Waals surface area contributed by atoms with Crippen LogP contribution in [0.25, 0.3) is 0 Å². The highest BCUT2D eigenvalue weighted by Gasteiger charge is 2.48. The summed E-state index contributed by atoms with van der Waals surface area (Å²) in [5, 5.41) is 9.99. The summed E-state index contributed by atoms with van der Waals surface area (Å²) in [6.45, 7) is 2.14. The molecule has 2 unspecified atom stereocenters. The first kappa shape index (κ1) is 12.2. The summed E-state index contributed by atoms with van der Waals surface area (Å²) in [6, 6.07) is 14.3. The number of pyridine rings is 1. The Morgan fingerprint density at radius 2 is 1.95 bits per heavy atom. The zero-order chi connectivity index (χ0) is 14.4. The lowest BCUT2D eigenvalue weighted by atomic mass is 9.80. The number of anilines is 2. The fraction of sp³-hybridized carbons (Fsp3) is 0.167. The Balaban J connectivity index is 1.98. The standard InChI is InChI=1S/C18H16N2O/c1-18-12-13(21)9-10-15(18)14-6-2-3-7-16(14)20(18)17-8-4-5-11-19-17/h2-12,15,21H,1H3. The van der Waals surface area contributed by atoms with Crippen LogP contribution in [0, 0.1) is 0 Å². The molecule has 3 nitrogen and oxygen atoms in total. The van der Waals surface area contributed by atoms with E-state index in [-0.39, 0.29) is 11.5 Å². The fourth-order valence-electron chi connectivity index (χ4n) is 3.52. The van der Waals surface area contributed by atoms with Gasteiger partial charge in [0, 0.05) is 17.8 Å². The number of rotatable bonds is 1. The Hall–Kier alpha value is -2.55. The summed E-state index contributed by atoms with van der Waals surface area (Å²) in [5.41, 5.74) is 2.08. The highest BCUT2D eigenvalue weighted by atomic mass is 16.3. The van der Waals surface area contributed by atoms with Crippen molar-refractivity contribution in [2.45, 2.75) is 18.4 Å². The van der Waals surface area contributed by atoms with Gasteiger partial charge in [-0.3, -0.25) is 0 Å². The zero-order valence-electron chi connectivity index (χ0n) is 11.8. The lowest BCUT2D eigenvalue weighted by Crippen LogP contribution is -2.42. The van der Waals surface area contributed by atoms with Crippen LogP contribution in [-0.4, -0.2) is 15.6 Å². The van der Waals surface area contributed by atoms with Crippen LogP contribution in [0.5, 0.6) is 0 Å². The largest absolute Gasteiger partial charge is 0.508 e. The number of nitrogens with zero attached hydrogens (tertiary/aromatic N) is 2. The van der Waals surface area contributed by atoms with E-state index in [2.05, 4.69) is 41.1 Å². The summed E-state index contributed by atoms with van der Waals surface area (Å²) >= 11 is 0. The number of hydrogen-bond donors (Lipinski definition) is 1. The normalized spacial score (nSPS) is 26.2. The molecule has 21 heavy (non-hydrogen) atoms. The molecule has 2 aromatic rings. The molecule has 4 rings (SSSR count). The van der Waals surface area contributed by atoms with E-state index in [1.54, 1.807) is 12.3 Å². The molecule has 1 aliphatic carbocycles. The molecule has 2 aliphatic rings. The van der Waals surface area contributed by atoms with Gasteiger partial charge in [0.1, 0.15) is 11.6 Å². The minimum atomic E-state index is -0.336. The van der Waals surface area contributed by atoms with Gasteiger partial charge in [-0.25, -0.2) is 4.98 Å². The van der Waals surface area contributed by atoms with E-state index in [0.717, 1.165) is 11.5 Å². The minimum absolute atomic E-state index is 0.214. The topological polar surface area (TPSA) is 36.4 Å². The molecular weight excluding hydrogens is 260 g/mol. The van der Waals surface area contributed by atoms with E-state index in [1.165, 1.54) is 5.56 Å². The third-order valence-electron chi connectivity index (χ3n) is 4.40. The summed E-state index contributed by atoms with van der Waals surface area (Å²) < 4.78 is 0. The molecular formula is C18H16N2O. The van der Waals surface area contributed by atoms with Gasteiger partial charge in [-0.05, 0) is 42.8 Å². The van der Waals surface area contributed by atoms with E-state index >= 15 is 0 Å². The van der Waals surface area contributed by atoms with Crippen LogP contribution in [0.15, 0.2) is 72.6 Å². The predicted molar refractivity (Wildman–Crippen MR) is 83.8 cm³/mol. The zero-order valence-corrected chi connectivity index (χ0v) is 11.8. The molecule has 0 radical (unpaired) electrons. The molecule has 1 N–H and O–H groups in total. The van der Waals surface area contributed by atoms with E-state index < -0.39 is 0 Å². The number of allylic oxidation sites excluding steroid dienone is 1. The molecule has 2 heterocycles.